The highest BCUT2D eigenvalue weighted by Gasteiger charge is 2.20. The van der Waals surface area contributed by atoms with E-state index in [-0.39, 0.29) is 0 Å². The van der Waals surface area contributed by atoms with Crippen LogP contribution in [0.2, 0.25) is 0 Å². The molecule has 78 valence electrons. The van der Waals surface area contributed by atoms with Gasteiger partial charge in [-0.1, -0.05) is 12.1 Å². The van der Waals surface area contributed by atoms with Crippen LogP contribution in [0.25, 0.3) is 11.0 Å². The second kappa shape index (κ2) is 3.35. The summed E-state index contributed by atoms with van der Waals surface area (Å²) >= 11 is 0. The Balaban J connectivity index is 2.03. The third kappa shape index (κ3) is 1.43. The monoisotopic (exact) mass is 202 g/mol. The molecular formula is C12H14N2O. The van der Waals surface area contributed by atoms with E-state index in [9.17, 15) is 0 Å². The lowest BCUT2D eigenvalue weighted by Crippen LogP contribution is -2.31. The van der Waals surface area contributed by atoms with Crippen molar-refractivity contribution < 1.29 is 4.74 Å². The van der Waals surface area contributed by atoms with Gasteiger partial charge in [0.1, 0.15) is 5.82 Å². The number of aromatic nitrogens is 2. The number of benzene rings is 1. The largest absolute Gasteiger partial charge is 0.376 e. The van der Waals surface area contributed by atoms with Gasteiger partial charge in [0.2, 0.25) is 0 Å². The van der Waals surface area contributed by atoms with E-state index in [1.165, 1.54) is 11.9 Å². The molecule has 0 N–H and O–H groups in total. The number of ether oxygens (including phenoxy) is 1. The zero-order valence-corrected chi connectivity index (χ0v) is 8.81. The van der Waals surface area contributed by atoms with Crippen LogP contribution >= 0.6 is 0 Å². The number of rotatable bonds is 2. The summed E-state index contributed by atoms with van der Waals surface area (Å²) in [4.78, 5) is 4.53. The van der Waals surface area contributed by atoms with E-state index in [0.29, 0.717) is 6.10 Å². The summed E-state index contributed by atoms with van der Waals surface area (Å²) in [7, 11) is 0. The van der Waals surface area contributed by atoms with Gasteiger partial charge in [0, 0.05) is 6.61 Å². The lowest BCUT2D eigenvalue weighted by Gasteiger charge is -2.27. The maximum Gasteiger partial charge on any atom is 0.106 e. The van der Waals surface area contributed by atoms with Gasteiger partial charge < -0.3 is 9.30 Å². The van der Waals surface area contributed by atoms with E-state index in [4.69, 9.17) is 4.74 Å². The second-order valence-corrected chi connectivity index (χ2v) is 4.04. The zero-order chi connectivity index (χ0) is 10.3. The summed E-state index contributed by atoms with van der Waals surface area (Å²) in [5.74, 6) is 1.08. The molecule has 3 heteroatoms. The maximum atomic E-state index is 5.46. The summed E-state index contributed by atoms with van der Waals surface area (Å²) in [6.45, 7) is 3.90. The minimum atomic E-state index is 0.390. The first-order chi connectivity index (χ1) is 7.34. The molecule has 0 spiro atoms. The van der Waals surface area contributed by atoms with Crippen molar-refractivity contribution in [3.63, 3.8) is 0 Å². The van der Waals surface area contributed by atoms with Gasteiger partial charge in [-0.15, -0.1) is 0 Å². The molecule has 15 heavy (non-hydrogen) atoms. The maximum absolute atomic E-state index is 5.46. The van der Waals surface area contributed by atoms with Crippen LogP contribution in [0.15, 0.2) is 24.3 Å². The molecule has 0 amide bonds. The number of imidazole rings is 1. The SMILES string of the molecule is Cc1nc2ccccc2n1C[C@@H]1CCO1. The van der Waals surface area contributed by atoms with Crippen molar-refractivity contribution in [3.05, 3.63) is 30.1 Å². The average molecular weight is 202 g/mol. The number of nitrogens with zero attached hydrogens (tertiary/aromatic N) is 2. The molecule has 0 saturated carbocycles. The molecule has 1 aromatic heterocycles. The Hall–Kier alpha value is -1.35. The van der Waals surface area contributed by atoms with Crippen LogP contribution < -0.4 is 0 Å². The highest BCUT2D eigenvalue weighted by Crippen LogP contribution is 2.20. The lowest BCUT2D eigenvalue weighted by molar-refractivity contribution is -0.0589. The molecule has 0 unspecified atom stereocenters. The van der Waals surface area contributed by atoms with Crippen molar-refractivity contribution in [3.8, 4) is 0 Å². The zero-order valence-electron chi connectivity index (χ0n) is 8.81. The fourth-order valence-electron chi connectivity index (χ4n) is 2.06. The van der Waals surface area contributed by atoms with Crippen LogP contribution in [0.3, 0.4) is 0 Å². The molecule has 1 saturated heterocycles. The topological polar surface area (TPSA) is 27.1 Å². The van der Waals surface area contributed by atoms with Crippen molar-refractivity contribution in [2.24, 2.45) is 0 Å². The van der Waals surface area contributed by atoms with Crippen molar-refractivity contribution in [2.75, 3.05) is 6.61 Å². The van der Waals surface area contributed by atoms with Gasteiger partial charge in [-0.25, -0.2) is 4.98 Å². The fraction of sp³-hybridized carbons (Fsp3) is 0.417. The summed E-state index contributed by atoms with van der Waals surface area (Å²) < 4.78 is 7.71. The van der Waals surface area contributed by atoms with E-state index in [2.05, 4.69) is 34.7 Å². The second-order valence-electron chi connectivity index (χ2n) is 4.04. The number of para-hydroxylation sites is 2. The van der Waals surface area contributed by atoms with Gasteiger partial charge >= 0.3 is 0 Å². The molecule has 0 bridgehead atoms. The van der Waals surface area contributed by atoms with E-state index in [0.717, 1.165) is 24.5 Å². The summed E-state index contributed by atoms with van der Waals surface area (Å²) in [5.41, 5.74) is 2.29. The normalized spacial score (nSPS) is 20.5. The summed E-state index contributed by atoms with van der Waals surface area (Å²) in [6, 6.07) is 8.26. The predicted octanol–water partition coefficient (Wildman–Crippen LogP) is 2.13. The molecule has 1 aliphatic heterocycles. The number of hydrogen-bond donors (Lipinski definition) is 0. The van der Waals surface area contributed by atoms with Gasteiger partial charge in [-0.3, -0.25) is 0 Å². The predicted molar refractivity (Wildman–Crippen MR) is 58.8 cm³/mol. The Morgan fingerprint density at radius 1 is 1.47 bits per heavy atom. The Kier molecular flexibility index (Phi) is 1.99. The van der Waals surface area contributed by atoms with Crippen molar-refractivity contribution in [2.45, 2.75) is 26.0 Å². The number of hydrogen-bond acceptors (Lipinski definition) is 2. The average Bonchev–Trinajstić information content (AvgIpc) is 2.48. The molecule has 3 rings (SSSR count). The molecule has 2 heterocycles. The quantitative estimate of drug-likeness (QED) is 0.746. The Morgan fingerprint density at radius 3 is 3.00 bits per heavy atom. The Bertz CT molecular complexity index is 485. The van der Waals surface area contributed by atoms with Gasteiger partial charge in [0.25, 0.3) is 0 Å². The minimum absolute atomic E-state index is 0.390. The molecule has 1 aliphatic rings. The molecule has 1 aromatic carbocycles. The van der Waals surface area contributed by atoms with Gasteiger partial charge in [0.05, 0.1) is 23.7 Å². The van der Waals surface area contributed by atoms with Crippen LogP contribution in [0.5, 0.6) is 0 Å². The minimum Gasteiger partial charge on any atom is -0.376 e. The summed E-state index contributed by atoms with van der Waals surface area (Å²) in [6.07, 6.45) is 1.56. The first kappa shape index (κ1) is 8.92. The van der Waals surface area contributed by atoms with Crippen LogP contribution in [0.4, 0.5) is 0 Å². The van der Waals surface area contributed by atoms with Crippen LogP contribution in [-0.4, -0.2) is 22.3 Å². The van der Waals surface area contributed by atoms with E-state index < -0.39 is 0 Å². The number of aryl methyl sites for hydroxylation is 1. The van der Waals surface area contributed by atoms with Gasteiger partial charge in [-0.05, 0) is 25.5 Å². The molecule has 2 aromatic rings. The molecule has 0 aliphatic carbocycles. The third-order valence-corrected chi connectivity index (χ3v) is 3.02. The number of fused-ring (bicyclic) bond motifs is 1. The highest BCUT2D eigenvalue weighted by atomic mass is 16.5. The molecular weight excluding hydrogens is 188 g/mol. The van der Waals surface area contributed by atoms with Crippen molar-refractivity contribution in [1.82, 2.24) is 9.55 Å². The molecule has 1 fully saturated rings. The smallest absolute Gasteiger partial charge is 0.106 e. The standard InChI is InChI=1S/C12H14N2O/c1-9-13-11-4-2-3-5-12(11)14(9)8-10-6-7-15-10/h2-5,10H,6-8H2,1H3/t10-/m0/s1. The van der Waals surface area contributed by atoms with Crippen molar-refractivity contribution >= 4 is 11.0 Å². The van der Waals surface area contributed by atoms with Crippen LogP contribution in [0.1, 0.15) is 12.2 Å². The van der Waals surface area contributed by atoms with E-state index >= 15 is 0 Å². The first-order valence-corrected chi connectivity index (χ1v) is 5.38. The van der Waals surface area contributed by atoms with E-state index in [1.807, 2.05) is 6.07 Å². The molecule has 1 atom stereocenters. The Labute approximate surface area is 88.7 Å². The highest BCUT2D eigenvalue weighted by molar-refractivity contribution is 5.75. The fourth-order valence-corrected chi connectivity index (χ4v) is 2.06. The third-order valence-electron chi connectivity index (χ3n) is 3.02. The Morgan fingerprint density at radius 2 is 2.27 bits per heavy atom. The first-order valence-electron chi connectivity index (χ1n) is 5.38. The van der Waals surface area contributed by atoms with E-state index in [1.54, 1.807) is 0 Å². The molecule has 3 nitrogen and oxygen atoms in total. The van der Waals surface area contributed by atoms with Gasteiger partial charge in [0.15, 0.2) is 0 Å². The van der Waals surface area contributed by atoms with Crippen molar-refractivity contribution in [1.29, 1.82) is 0 Å². The lowest BCUT2D eigenvalue weighted by atomic mass is 10.2. The van der Waals surface area contributed by atoms with Crippen LogP contribution in [0, 0.1) is 6.92 Å². The van der Waals surface area contributed by atoms with Gasteiger partial charge in [-0.2, -0.15) is 0 Å². The molecule has 0 radical (unpaired) electrons. The van der Waals surface area contributed by atoms with Crippen LogP contribution in [-0.2, 0) is 11.3 Å². The summed E-state index contributed by atoms with van der Waals surface area (Å²) in [5, 5.41) is 0.